The van der Waals surface area contributed by atoms with Crippen molar-refractivity contribution in [2.75, 3.05) is 6.54 Å². The number of hydrogen-bond donors (Lipinski definition) is 7. The van der Waals surface area contributed by atoms with Crippen LogP contribution in [0.25, 0.3) is 0 Å². The molecule has 4 atom stereocenters. The van der Waals surface area contributed by atoms with Gasteiger partial charge in [-0.3, -0.25) is 19.2 Å². The molecule has 12 heteroatoms. The van der Waals surface area contributed by atoms with Crippen molar-refractivity contribution in [1.82, 2.24) is 16.0 Å². The lowest BCUT2D eigenvalue weighted by atomic mass is 10.0. The minimum atomic E-state index is -1.47. The Bertz CT molecular complexity index is 815. The smallest absolute Gasteiger partial charge is 0.326 e. The van der Waals surface area contributed by atoms with E-state index in [4.69, 9.17) is 10.8 Å². The van der Waals surface area contributed by atoms with E-state index in [1.165, 1.54) is 6.92 Å². The average Bonchev–Trinajstić information content (AvgIpc) is 2.73. The number of benzene rings is 1. The molecule has 0 aromatic heterocycles. The van der Waals surface area contributed by atoms with E-state index in [9.17, 15) is 34.2 Å². The van der Waals surface area contributed by atoms with E-state index in [-0.39, 0.29) is 19.3 Å². The van der Waals surface area contributed by atoms with E-state index >= 15 is 0 Å². The van der Waals surface area contributed by atoms with Crippen LogP contribution in [0.3, 0.4) is 0 Å². The second-order valence-electron chi connectivity index (χ2n) is 7.13. The Hall–Kier alpha value is -3.51. The van der Waals surface area contributed by atoms with E-state index in [1.807, 2.05) is 0 Å². The molecule has 12 nitrogen and oxygen atoms in total. The highest BCUT2D eigenvalue weighted by Crippen LogP contribution is 2.05. The maximum Gasteiger partial charge on any atom is 0.326 e. The van der Waals surface area contributed by atoms with Gasteiger partial charge in [-0.2, -0.15) is 0 Å². The Morgan fingerprint density at radius 3 is 2.16 bits per heavy atom. The Kier molecular flexibility index (Phi) is 10.8. The highest BCUT2D eigenvalue weighted by Gasteiger charge is 2.30. The van der Waals surface area contributed by atoms with Gasteiger partial charge < -0.3 is 37.0 Å². The van der Waals surface area contributed by atoms with Crippen LogP contribution in [-0.4, -0.2) is 75.8 Å². The van der Waals surface area contributed by atoms with Crippen molar-refractivity contribution in [3.63, 3.8) is 0 Å². The number of aliphatic hydroxyl groups excluding tert-OH is 1. The normalized spacial score (nSPS) is 14.3. The van der Waals surface area contributed by atoms with Gasteiger partial charge in [0.15, 0.2) is 0 Å². The van der Waals surface area contributed by atoms with Crippen LogP contribution in [0.1, 0.15) is 25.3 Å². The molecule has 0 fully saturated rings. The predicted molar refractivity (Wildman–Crippen MR) is 111 cm³/mol. The fraction of sp³-hybridized carbons (Fsp3) is 0.450. The maximum absolute atomic E-state index is 12.5. The number of aliphatic carboxylic acids is 2. The Morgan fingerprint density at radius 1 is 1.00 bits per heavy atom. The fourth-order valence-electron chi connectivity index (χ4n) is 2.65. The zero-order valence-electron chi connectivity index (χ0n) is 17.5. The van der Waals surface area contributed by atoms with E-state index < -0.39 is 60.4 Å². The van der Waals surface area contributed by atoms with Gasteiger partial charge in [-0.15, -0.1) is 0 Å². The number of amides is 3. The number of carboxylic acids is 2. The van der Waals surface area contributed by atoms with Gasteiger partial charge in [0.25, 0.3) is 0 Å². The van der Waals surface area contributed by atoms with E-state index in [0.717, 1.165) is 0 Å². The first-order valence-corrected chi connectivity index (χ1v) is 9.80. The SMILES string of the molecule is C[C@@H](O)[C@H](NC(=O)CNC(=O)[C@@H](N)CCC(=O)O)C(=O)N[C@@H](Cc1ccccc1)C(=O)O. The molecule has 0 bridgehead atoms. The summed E-state index contributed by atoms with van der Waals surface area (Å²) < 4.78 is 0. The number of nitrogens with two attached hydrogens (primary N) is 1. The standard InChI is InChI=1S/C20H28N4O8/c1-11(25)17(24-15(26)10-22-18(29)13(21)7-8-16(27)28)19(30)23-14(20(31)32)9-12-5-3-2-4-6-12/h2-6,11,13-14,17,25H,7-10,21H2,1H3,(H,22,29)(H,23,30)(H,24,26)(H,27,28)(H,31,32)/t11-,13+,14+,17+/m1/s1. The lowest BCUT2D eigenvalue weighted by molar-refractivity contribution is -0.143. The fourth-order valence-corrected chi connectivity index (χ4v) is 2.65. The summed E-state index contributed by atoms with van der Waals surface area (Å²) in [6, 6.07) is 4.68. The summed E-state index contributed by atoms with van der Waals surface area (Å²) in [7, 11) is 0. The zero-order valence-corrected chi connectivity index (χ0v) is 17.5. The molecule has 0 saturated heterocycles. The van der Waals surface area contributed by atoms with Crippen LogP contribution in [0.15, 0.2) is 30.3 Å². The van der Waals surface area contributed by atoms with Crippen LogP contribution in [0.5, 0.6) is 0 Å². The molecule has 8 N–H and O–H groups in total. The summed E-state index contributed by atoms with van der Waals surface area (Å²) in [4.78, 5) is 58.5. The van der Waals surface area contributed by atoms with Crippen molar-refractivity contribution >= 4 is 29.7 Å². The predicted octanol–water partition coefficient (Wildman–Crippen LogP) is -2.03. The van der Waals surface area contributed by atoms with Gasteiger partial charge in [0, 0.05) is 12.8 Å². The number of carbonyl (C=O) groups is 5. The highest BCUT2D eigenvalue weighted by atomic mass is 16.4. The molecule has 176 valence electrons. The third-order valence-corrected chi connectivity index (χ3v) is 4.41. The van der Waals surface area contributed by atoms with Crippen LogP contribution in [0.2, 0.25) is 0 Å². The second-order valence-corrected chi connectivity index (χ2v) is 7.13. The maximum atomic E-state index is 12.5. The third-order valence-electron chi connectivity index (χ3n) is 4.41. The van der Waals surface area contributed by atoms with Crippen molar-refractivity contribution in [1.29, 1.82) is 0 Å². The lowest BCUT2D eigenvalue weighted by Crippen LogP contribution is -2.57. The first-order chi connectivity index (χ1) is 15.0. The molecular formula is C20H28N4O8. The van der Waals surface area contributed by atoms with Crippen molar-refractivity contribution in [3.05, 3.63) is 35.9 Å². The quantitative estimate of drug-likeness (QED) is 0.176. The van der Waals surface area contributed by atoms with Gasteiger partial charge in [0.2, 0.25) is 17.7 Å². The summed E-state index contributed by atoms with van der Waals surface area (Å²) in [5, 5.41) is 34.6. The van der Waals surface area contributed by atoms with Gasteiger partial charge in [-0.1, -0.05) is 30.3 Å². The van der Waals surface area contributed by atoms with Crippen LogP contribution in [0.4, 0.5) is 0 Å². The highest BCUT2D eigenvalue weighted by molar-refractivity contribution is 5.93. The molecular weight excluding hydrogens is 424 g/mol. The lowest BCUT2D eigenvalue weighted by Gasteiger charge is -2.23. The van der Waals surface area contributed by atoms with Crippen LogP contribution < -0.4 is 21.7 Å². The largest absolute Gasteiger partial charge is 0.481 e. The van der Waals surface area contributed by atoms with E-state index in [1.54, 1.807) is 30.3 Å². The number of rotatable bonds is 13. The molecule has 1 aromatic rings. The summed E-state index contributed by atoms with van der Waals surface area (Å²) in [6.07, 6.45) is -1.82. The molecule has 32 heavy (non-hydrogen) atoms. The van der Waals surface area contributed by atoms with Crippen molar-refractivity contribution in [3.8, 4) is 0 Å². The van der Waals surface area contributed by atoms with E-state index in [0.29, 0.717) is 5.56 Å². The summed E-state index contributed by atoms with van der Waals surface area (Å²) >= 11 is 0. The van der Waals surface area contributed by atoms with Gasteiger partial charge in [-0.25, -0.2) is 4.79 Å². The summed E-state index contributed by atoms with van der Waals surface area (Å²) in [6.45, 7) is 0.653. The van der Waals surface area contributed by atoms with Crippen molar-refractivity contribution in [2.24, 2.45) is 5.73 Å². The molecule has 0 radical (unpaired) electrons. The molecule has 0 aliphatic rings. The summed E-state index contributed by atoms with van der Waals surface area (Å²) in [5.41, 5.74) is 6.20. The van der Waals surface area contributed by atoms with Gasteiger partial charge in [0.1, 0.15) is 12.1 Å². The molecule has 1 rings (SSSR count). The van der Waals surface area contributed by atoms with Crippen LogP contribution in [-0.2, 0) is 30.4 Å². The van der Waals surface area contributed by atoms with Crippen LogP contribution >= 0.6 is 0 Å². The number of hydrogen-bond acceptors (Lipinski definition) is 7. The molecule has 0 unspecified atom stereocenters. The minimum absolute atomic E-state index is 0.00726. The van der Waals surface area contributed by atoms with Crippen molar-refractivity contribution < 1.29 is 39.3 Å². The van der Waals surface area contributed by atoms with Gasteiger partial charge >= 0.3 is 11.9 Å². The zero-order chi connectivity index (χ0) is 24.3. The van der Waals surface area contributed by atoms with E-state index in [2.05, 4.69) is 16.0 Å². The molecule has 0 aliphatic heterocycles. The van der Waals surface area contributed by atoms with Crippen LogP contribution in [0, 0.1) is 0 Å². The molecule has 0 heterocycles. The summed E-state index contributed by atoms with van der Waals surface area (Å²) in [5.74, 6) is -4.92. The Morgan fingerprint density at radius 2 is 1.62 bits per heavy atom. The Labute approximate surface area is 184 Å². The first kappa shape index (κ1) is 26.5. The van der Waals surface area contributed by atoms with Gasteiger partial charge in [0.05, 0.1) is 18.7 Å². The molecule has 3 amide bonds. The molecule has 1 aromatic carbocycles. The number of carbonyl (C=O) groups excluding carboxylic acids is 3. The first-order valence-electron chi connectivity index (χ1n) is 9.80. The molecule has 0 saturated carbocycles. The van der Waals surface area contributed by atoms with Gasteiger partial charge in [-0.05, 0) is 18.9 Å². The number of nitrogens with one attached hydrogen (secondary N) is 3. The number of aliphatic hydroxyl groups is 1. The average molecular weight is 452 g/mol. The third kappa shape index (κ3) is 9.53. The minimum Gasteiger partial charge on any atom is -0.481 e. The second kappa shape index (κ2) is 13.0. The Balaban J connectivity index is 2.65. The number of carboxylic acid groups (broad SMARTS) is 2. The monoisotopic (exact) mass is 452 g/mol. The topological polar surface area (TPSA) is 208 Å². The van der Waals surface area contributed by atoms with Crippen molar-refractivity contribution in [2.45, 2.75) is 50.4 Å². The molecule has 0 aliphatic carbocycles. The molecule has 0 spiro atoms.